The van der Waals surface area contributed by atoms with Gasteiger partial charge in [-0.05, 0) is 32.9 Å². The molecule has 6 nitrogen and oxygen atoms in total. The average molecular weight is 257 g/mol. The van der Waals surface area contributed by atoms with Gasteiger partial charge in [0.1, 0.15) is 0 Å². The second-order valence-electron chi connectivity index (χ2n) is 5.29. The van der Waals surface area contributed by atoms with E-state index >= 15 is 0 Å². The number of nitrogens with two attached hydrogens (primary N) is 1. The largest absolute Gasteiger partial charge is 0.347 e. The Morgan fingerprint density at radius 1 is 1.44 bits per heavy atom. The first-order valence-corrected chi connectivity index (χ1v) is 6.65. The first-order valence-electron chi connectivity index (χ1n) is 6.65. The van der Waals surface area contributed by atoms with Gasteiger partial charge in [0.05, 0.1) is 19.1 Å². The molecule has 2 rings (SSSR count). The number of hydrazine groups is 1. The number of piperidine rings is 1. The Morgan fingerprint density at radius 2 is 2.17 bits per heavy atom. The fourth-order valence-electron chi connectivity index (χ4n) is 2.65. The van der Waals surface area contributed by atoms with Gasteiger partial charge in [-0.1, -0.05) is 6.42 Å². The summed E-state index contributed by atoms with van der Waals surface area (Å²) in [5.41, 5.74) is 2.10. The number of hydrogen-bond acceptors (Lipinski definition) is 5. The van der Waals surface area contributed by atoms with E-state index in [0.29, 0.717) is 6.61 Å². The van der Waals surface area contributed by atoms with Crippen LogP contribution >= 0.6 is 0 Å². The average Bonchev–Trinajstić information content (AvgIpc) is 2.71. The number of amides is 1. The zero-order valence-electron chi connectivity index (χ0n) is 11.0. The van der Waals surface area contributed by atoms with Crippen molar-refractivity contribution in [1.82, 2.24) is 10.3 Å². The van der Waals surface area contributed by atoms with Crippen molar-refractivity contribution >= 4 is 5.91 Å². The van der Waals surface area contributed by atoms with Crippen molar-refractivity contribution in [3.05, 3.63) is 0 Å². The lowest BCUT2D eigenvalue weighted by Gasteiger charge is -2.29. The highest BCUT2D eigenvalue weighted by atomic mass is 16.7. The quantitative estimate of drug-likeness (QED) is 0.420. The lowest BCUT2D eigenvalue weighted by atomic mass is 10.1. The molecule has 2 aliphatic rings. The van der Waals surface area contributed by atoms with Gasteiger partial charge in [-0.15, -0.1) is 0 Å². The first kappa shape index (κ1) is 13.7. The molecule has 18 heavy (non-hydrogen) atoms. The van der Waals surface area contributed by atoms with E-state index in [2.05, 4.69) is 10.3 Å². The van der Waals surface area contributed by atoms with E-state index in [-0.39, 0.29) is 18.4 Å². The van der Waals surface area contributed by atoms with Crippen LogP contribution in [0.5, 0.6) is 0 Å². The van der Waals surface area contributed by atoms with Crippen LogP contribution in [0.2, 0.25) is 0 Å². The molecule has 6 heteroatoms. The molecular formula is C12H23N3O3. The van der Waals surface area contributed by atoms with Gasteiger partial charge in [-0.25, -0.2) is 5.84 Å². The van der Waals surface area contributed by atoms with Crippen molar-refractivity contribution in [2.45, 2.75) is 44.5 Å². The summed E-state index contributed by atoms with van der Waals surface area (Å²) in [7, 11) is 0. The van der Waals surface area contributed by atoms with Gasteiger partial charge in [0, 0.05) is 6.54 Å². The summed E-state index contributed by atoms with van der Waals surface area (Å²) in [5.74, 6) is 3.98. The van der Waals surface area contributed by atoms with Crippen LogP contribution in [0.4, 0.5) is 0 Å². The maximum atomic E-state index is 11.3. The van der Waals surface area contributed by atoms with Crippen LogP contribution in [-0.4, -0.2) is 48.9 Å². The third-order valence-corrected chi connectivity index (χ3v) is 3.54. The van der Waals surface area contributed by atoms with Gasteiger partial charge in [-0.2, -0.15) is 0 Å². The fraction of sp³-hybridized carbons (Fsp3) is 0.917. The minimum absolute atomic E-state index is 0.0543. The molecule has 0 aromatic heterocycles. The maximum Gasteiger partial charge on any atom is 0.239 e. The second-order valence-corrected chi connectivity index (χ2v) is 5.29. The zero-order chi connectivity index (χ0) is 13.0. The Labute approximate surface area is 108 Å². The Bertz CT molecular complexity index is 294. The third kappa shape index (κ3) is 3.65. The summed E-state index contributed by atoms with van der Waals surface area (Å²) >= 11 is 0. The number of ether oxygens (including phenoxy) is 2. The smallest absolute Gasteiger partial charge is 0.239 e. The summed E-state index contributed by atoms with van der Waals surface area (Å²) in [5, 5.41) is 0. The molecule has 0 bridgehead atoms. The number of nitrogens with one attached hydrogen (secondary N) is 1. The molecule has 1 amide bonds. The number of likely N-dealkylation sites (tertiary alicyclic amines) is 1. The Morgan fingerprint density at radius 3 is 2.83 bits per heavy atom. The SMILES string of the molecule is C[C@@]1(CC(=O)NN)OC[C@@H](CN2CCCCC2)O1. The Balaban J connectivity index is 1.78. The highest BCUT2D eigenvalue weighted by Gasteiger charge is 2.39. The van der Waals surface area contributed by atoms with Gasteiger partial charge in [0.2, 0.25) is 5.91 Å². The minimum atomic E-state index is -0.829. The molecule has 2 saturated heterocycles. The van der Waals surface area contributed by atoms with Gasteiger partial charge in [0.25, 0.3) is 0 Å². The lowest BCUT2D eigenvalue weighted by Crippen LogP contribution is -2.40. The topological polar surface area (TPSA) is 76.8 Å². The molecule has 0 spiro atoms. The fourth-order valence-corrected chi connectivity index (χ4v) is 2.65. The molecular weight excluding hydrogens is 234 g/mol. The second kappa shape index (κ2) is 5.97. The number of nitrogens with zero attached hydrogens (tertiary/aromatic N) is 1. The van der Waals surface area contributed by atoms with E-state index in [1.807, 2.05) is 0 Å². The van der Waals surface area contributed by atoms with Crippen LogP contribution < -0.4 is 11.3 Å². The van der Waals surface area contributed by atoms with Crippen LogP contribution in [0.1, 0.15) is 32.6 Å². The third-order valence-electron chi connectivity index (χ3n) is 3.54. The van der Waals surface area contributed by atoms with Gasteiger partial charge in [0.15, 0.2) is 5.79 Å². The van der Waals surface area contributed by atoms with Crippen molar-refractivity contribution in [2.24, 2.45) is 5.84 Å². The van der Waals surface area contributed by atoms with Crippen molar-refractivity contribution in [2.75, 3.05) is 26.2 Å². The summed E-state index contributed by atoms with van der Waals surface area (Å²) in [6.07, 6.45) is 4.05. The van der Waals surface area contributed by atoms with Crippen LogP contribution in [0, 0.1) is 0 Å². The first-order chi connectivity index (χ1) is 8.61. The molecule has 2 atom stereocenters. The number of rotatable bonds is 4. The molecule has 2 aliphatic heterocycles. The molecule has 0 aliphatic carbocycles. The molecule has 0 saturated carbocycles. The lowest BCUT2D eigenvalue weighted by molar-refractivity contribution is -0.168. The normalized spacial score (nSPS) is 33.6. The summed E-state index contributed by atoms with van der Waals surface area (Å²) < 4.78 is 11.4. The summed E-state index contributed by atoms with van der Waals surface area (Å²) in [6.45, 7) is 5.50. The monoisotopic (exact) mass is 257 g/mol. The van der Waals surface area contributed by atoms with Gasteiger partial charge in [-0.3, -0.25) is 10.2 Å². The van der Waals surface area contributed by atoms with Gasteiger partial charge >= 0.3 is 0 Å². The molecule has 0 unspecified atom stereocenters. The van der Waals surface area contributed by atoms with Crippen LogP contribution in [0.3, 0.4) is 0 Å². The van der Waals surface area contributed by atoms with E-state index < -0.39 is 5.79 Å². The molecule has 0 radical (unpaired) electrons. The molecule has 104 valence electrons. The highest BCUT2D eigenvalue weighted by molar-refractivity contribution is 5.76. The standard InChI is InChI=1S/C12H23N3O3/c1-12(7-11(16)14-13)17-9-10(18-12)8-15-5-3-2-4-6-15/h10H,2-9,13H2,1H3,(H,14,16)/t10-,12-/m1/s1. The number of carbonyl (C=O) groups is 1. The summed E-state index contributed by atoms with van der Waals surface area (Å²) in [4.78, 5) is 13.7. The molecule has 0 aromatic carbocycles. The highest BCUT2D eigenvalue weighted by Crippen LogP contribution is 2.27. The molecule has 2 fully saturated rings. The van der Waals surface area contributed by atoms with Crippen molar-refractivity contribution in [3.8, 4) is 0 Å². The minimum Gasteiger partial charge on any atom is -0.347 e. The Kier molecular flexibility index (Phi) is 4.55. The van der Waals surface area contributed by atoms with Crippen LogP contribution in [-0.2, 0) is 14.3 Å². The van der Waals surface area contributed by atoms with Crippen molar-refractivity contribution in [1.29, 1.82) is 0 Å². The van der Waals surface area contributed by atoms with Crippen LogP contribution in [0.25, 0.3) is 0 Å². The Hall–Kier alpha value is -0.690. The number of carbonyl (C=O) groups excluding carboxylic acids is 1. The van der Waals surface area contributed by atoms with E-state index in [1.54, 1.807) is 6.92 Å². The van der Waals surface area contributed by atoms with Gasteiger partial charge < -0.3 is 14.4 Å². The summed E-state index contributed by atoms with van der Waals surface area (Å²) in [6, 6.07) is 0. The van der Waals surface area contributed by atoms with Crippen molar-refractivity contribution in [3.63, 3.8) is 0 Å². The predicted octanol–water partition coefficient (Wildman–Crippen LogP) is -0.0161. The van der Waals surface area contributed by atoms with E-state index in [1.165, 1.54) is 19.3 Å². The molecule has 3 N–H and O–H groups in total. The van der Waals surface area contributed by atoms with E-state index in [0.717, 1.165) is 19.6 Å². The predicted molar refractivity (Wildman–Crippen MR) is 66.5 cm³/mol. The van der Waals surface area contributed by atoms with Crippen molar-refractivity contribution < 1.29 is 14.3 Å². The van der Waals surface area contributed by atoms with E-state index in [4.69, 9.17) is 15.3 Å². The maximum absolute atomic E-state index is 11.3. The zero-order valence-corrected chi connectivity index (χ0v) is 11.0. The molecule has 2 heterocycles. The molecule has 0 aromatic rings. The van der Waals surface area contributed by atoms with Crippen LogP contribution in [0.15, 0.2) is 0 Å². The van der Waals surface area contributed by atoms with E-state index in [9.17, 15) is 4.79 Å². The number of hydrogen-bond donors (Lipinski definition) is 2.